The van der Waals surface area contributed by atoms with E-state index in [0.717, 1.165) is 0 Å². The molecule has 1 fully saturated rings. The van der Waals surface area contributed by atoms with Crippen molar-refractivity contribution >= 4 is 29.2 Å². The Kier molecular flexibility index (Phi) is 5.88. The maximum atomic E-state index is 12.7. The highest BCUT2D eigenvalue weighted by Crippen LogP contribution is 2.19. The maximum Gasteiger partial charge on any atom is 0.337 e. The van der Waals surface area contributed by atoms with E-state index in [1.165, 1.54) is 14.0 Å². The summed E-state index contributed by atoms with van der Waals surface area (Å²) in [5, 5.41) is 3.17. The number of hydrogen-bond donors (Lipinski definition) is 1. The van der Waals surface area contributed by atoms with Crippen molar-refractivity contribution in [3.8, 4) is 0 Å². The molecule has 1 aromatic carbocycles. The van der Waals surface area contributed by atoms with Gasteiger partial charge in [-0.3, -0.25) is 14.6 Å². The van der Waals surface area contributed by atoms with Gasteiger partial charge in [-0.15, -0.1) is 0 Å². The Morgan fingerprint density at radius 1 is 1.00 bits per heavy atom. The predicted molar refractivity (Wildman–Crippen MR) is 103 cm³/mol. The van der Waals surface area contributed by atoms with Crippen molar-refractivity contribution < 1.29 is 19.1 Å². The van der Waals surface area contributed by atoms with Crippen LogP contribution >= 0.6 is 0 Å². The standard InChI is InChI=1S/C20H22N4O4/c1-14(25)23-8-10-24(11-9-23)19(26)18-13-17(6-7-21-18)22-16-5-3-4-15(12-16)20(27)28-2/h3-7,12-13H,8-11H2,1-2H3,(H,21,22). The van der Waals surface area contributed by atoms with Crippen LogP contribution in [0.3, 0.4) is 0 Å². The van der Waals surface area contributed by atoms with Gasteiger partial charge in [0.25, 0.3) is 5.91 Å². The van der Waals surface area contributed by atoms with E-state index in [1.54, 1.807) is 46.3 Å². The second-order valence-electron chi connectivity index (χ2n) is 6.43. The Morgan fingerprint density at radius 2 is 1.68 bits per heavy atom. The molecule has 0 saturated carbocycles. The summed E-state index contributed by atoms with van der Waals surface area (Å²) >= 11 is 0. The number of benzene rings is 1. The van der Waals surface area contributed by atoms with E-state index >= 15 is 0 Å². The molecule has 1 aliphatic heterocycles. The maximum absolute atomic E-state index is 12.7. The molecule has 0 radical (unpaired) electrons. The number of carbonyl (C=O) groups is 3. The molecule has 28 heavy (non-hydrogen) atoms. The summed E-state index contributed by atoms with van der Waals surface area (Å²) in [6.45, 7) is 3.56. The summed E-state index contributed by atoms with van der Waals surface area (Å²) in [5.74, 6) is -0.570. The Balaban J connectivity index is 1.70. The number of aromatic nitrogens is 1. The van der Waals surface area contributed by atoms with Crippen LogP contribution in [0, 0.1) is 0 Å². The second-order valence-corrected chi connectivity index (χ2v) is 6.43. The van der Waals surface area contributed by atoms with Crippen LogP contribution in [0.2, 0.25) is 0 Å². The molecular formula is C20H22N4O4. The van der Waals surface area contributed by atoms with Gasteiger partial charge in [0.1, 0.15) is 5.69 Å². The predicted octanol–water partition coefficient (Wildman–Crippen LogP) is 1.92. The van der Waals surface area contributed by atoms with Crippen molar-refractivity contribution in [2.24, 2.45) is 0 Å². The summed E-state index contributed by atoms with van der Waals surface area (Å²) in [5.41, 5.74) is 2.14. The summed E-state index contributed by atoms with van der Waals surface area (Å²) in [7, 11) is 1.33. The fourth-order valence-electron chi connectivity index (χ4n) is 3.02. The number of carbonyl (C=O) groups excluding carboxylic acids is 3. The molecule has 0 atom stereocenters. The lowest BCUT2D eigenvalue weighted by atomic mass is 10.2. The van der Waals surface area contributed by atoms with E-state index in [2.05, 4.69) is 10.3 Å². The van der Waals surface area contributed by atoms with Crippen LogP contribution in [0.1, 0.15) is 27.8 Å². The zero-order valence-electron chi connectivity index (χ0n) is 15.8. The lowest BCUT2D eigenvalue weighted by molar-refractivity contribution is -0.130. The zero-order chi connectivity index (χ0) is 20.1. The Morgan fingerprint density at radius 3 is 2.36 bits per heavy atom. The van der Waals surface area contributed by atoms with Crippen LogP contribution in [0.5, 0.6) is 0 Å². The lowest BCUT2D eigenvalue weighted by Crippen LogP contribution is -2.50. The minimum Gasteiger partial charge on any atom is -0.465 e. The number of ether oxygens (including phenoxy) is 1. The summed E-state index contributed by atoms with van der Waals surface area (Å²) in [4.78, 5) is 43.4. The van der Waals surface area contributed by atoms with Crippen molar-refractivity contribution in [2.75, 3.05) is 38.6 Å². The first-order valence-corrected chi connectivity index (χ1v) is 8.94. The normalized spacial score (nSPS) is 13.8. The molecule has 3 rings (SSSR count). The van der Waals surface area contributed by atoms with E-state index in [9.17, 15) is 14.4 Å². The molecule has 2 aromatic rings. The van der Waals surface area contributed by atoms with Crippen LogP contribution in [0.4, 0.5) is 11.4 Å². The molecule has 2 amide bonds. The van der Waals surface area contributed by atoms with Crippen molar-refractivity contribution in [2.45, 2.75) is 6.92 Å². The van der Waals surface area contributed by atoms with Gasteiger partial charge in [-0.2, -0.15) is 0 Å². The van der Waals surface area contributed by atoms with Crippen molar-refractivity contribution in [3.05, 3.63) is 53.9 Å². The fraction of sp³-hybridized carbons (Fsp3) is 0.300. The number of rotatable bonds is 4. The average molecular weight is 382 g/mol. The molecule has 1 aliphatic rings. The number of hydrogen-bond acceptors (Lipinski definition) is 6. The topological polar surface area (TPSA) is 91.8 Å². The van der Waals surface area contributed by atoms with Gasteiger partial charge in [0.05, 0.1) is 12.7 Å². The number of nitrogens with zero attached hydrogens (tertiary/aromatic N) is 3. The molecule has 0 unspecified atom stereocenters. The third kappa shape index (κ3) is 4.46. The SMILES string of the molecule is COC(=O)c1cccc(Nc2ccnc(C(=O)N3CCN(C(C)=O)CC3)c2)c1. The molecule has 0 spiro atoms. The summed E-state index contributed by atoms with van der Waals surface area (Å²) < 4.78 is 4.73. The third-order valence-electron chi connectivity index (χ3n) is 4.56. The van der Waals surface area contributed by atoms with Gasteiger partial charge in [-0.05, 0) is 30.3 Å². The van der Waals surface area contributed by atoms with Crippen LogP contribution in [0.15, 0.2) is 42.6 Å². The number of methoxy groups -OCH3 is 1. The van der Waals surface area contributed by atoms with Crippen molar-refractivity contribution in [1.82, 2.24) is 14.8 Å². The van der Waals surface area contributed by atoms with Gasteiger partial charge < -0.3 is 19.9 Å². The van der Waals surface area contributed by atoms with E-state index < -0.39 is 5.97 Å². The van der Waals surface area contributed by atoms with E-state index in [4.69, 9.17) is 4.74 Å². The molecule has 8 nitrogen and oxygen atoms in total. The summed E-state index contributed by atoms with van der Waals surface area (Å²) in [6.07, 6.45) is 1.56. The molecule has 1 saturated heterocycles. The monoisotopic (exact) mass is 382 g/mol. The number of anilines is 2. The largest absolute Gasteiger partial charge is 0.465 e. The molecule has 0 aliphatic carbocycles. The van der Waals surface area contributed by atoms with Crippen LogP contribution < -0.4 is 5.32 Å². The molecule has 0 bridgehead atoms. The van der Waals surface area contributed by atoms with Gasteiger partial charge in [0, 0.05) is 50.7 Å². The van der Waals surface area contributed by atoms with Gasteiger partial charge in [0.2, 0.25) is 5.91 Å². The molecule has 146 valence electrons. The second kappa shape index (κ2) is 8.51. The minimum absolute atomic E-state index is 0.0191. The Hall–Kier alpha value is -3.42. The minimum atomic E-state index is -0.418. The molecule has 2 heterocycles. The highest BCUT2D eigenvalue weighted by molar-refractivity contribution is 5.94. The highest BCUT2D eigenvalue weighted by Gasteiger charge is 2.24. The van der Waals surface area contributed by atoms with Gasteiger partial charge >= 0.3 is 5.97 Å². The van der Waals surface area contributed by atoms with Crippen molar-refractivity contribution in [1.29, 1.82) is 0 Å². The van der Waals surface area contributed by atoms with Gasteiger partial charge in [-0.25, -0.2) is 4.79 Å². The number of piperazine rings is 1. The van der Waals surface area contributed by atoms with Crippen LogP contribution in [-0.4, -0.2) is 65.9 Å². The number of pyridine rings is 1. The van der Waals surface area contributed by atoms with E-state index in [1.807, 2.05) is 6.07 Å². The van der Waals surface area contributed by atoms with Crippen LogP contribution in [-0.2, 0) is 9.53 Å². The van der Waals surface area contributed by atoms with Gasteiger partial charge in [-0.1, -0.05) is 6.07 Å². The fourth-order valence-corrected chi connectivity index (χ4v) is 3.02. The smallest absolute Gasteiger partial charge is 0.337 e. The summed E-state index contributed by atoms with van der Waals surface area (Å²) in [6, 6.07) is 10.3. The highest BCUT2D eigenvalue weighted by atomic mass is 16.5. The van der Waals surface area contributed by atoms with E-state index in [0.29, 0.717) is 48.8 Å². The van der Waals surface area contributed by atoms with Crippen molar-refractivity contribution in [3.63, 3.8) is 0 Å². The third-order valence-corrected chi connectivity index (χ3v) is 4.56. The Bertz CT molecular complexity index is 891. The Labute approximate surface area is 163 Å². The molecule has 1 N–H and O–H groups in total. The number of esters is 1. The first-order chi connectivity index (χ1) is 13.5. The first kappa shape index (κ1) is 19.3. The quantitative estimate of drug-likeness (QED) is 0.813. The zero-order valence-corrected chi connectivity index (χ0v) is 15.8. The van der Waals surface area contributed by atoms with Crippen LogP contribution in [0.25, 0.3) is 0 Å². The average Bonchev–Trinajstić information content (AvgIpc) is 2.73. The lowest BCUT2D eigenvalue weighted by Gasteiger charge is -2.34. The van der Waals surface area contributed by atoms with E-state index in [-0.39, 0.29) is 11.8 Å². The number of amides is 2. The number of nitrogens with one attached hydrogen (secondary N) is 1. The first-order valence-electron chi connectivity index (χ1n) is 8.94. The molecular weight excluding hydrogens is 360 g/mol. The molecule has 8 heteroatoms. The molecule has 1 aromatic heterocycles. The van der Waals surface area contributed by atoms with Gasteiger partial charge in [0.15, 0.2) is 0 Å².